The number of nitrogens with two attached hydrogens (primary N) is 1. The van der Waals surface area contributed by atoms with Gasteiger partial charge in [-0.2, -0.15) is 18.2 Å². The van der Waals surface area contributed by atoms with Gasteiger partial charge in [-0.1, -0.05) is 0 Å². The lowest BCUT2D eigenvalue weighted by Crippen LogP contribution is -2.14. The van der Waals surface area contributed by atoms with E-state index in [1.165, 1.54) is 0 Å². The molecular formula is C9H6F3N3O. The molecule has 0 aliphatic heterocycles. The number of anilines is 1. The van der Waals surface area contributed by atoms with E-state index in [-0.39, 0.29) is 11.5 Å². The van der Waals surface area contributed by atoms with Crippen molar-refractivity contribution in [2.75, 3.05) is 5.73 Å². The maximum Gasteiger partial charge on any atom is 0.417 e. The van der Waals surface area contributed by atoms with Crippen LogP contribution in [0, 0.1) is 0 Å². The Morgan fingerprint density at radius 3 is 2.62 bits per heavy atom. The first-order valence-corrected chi connectivity index (χ1v) is 4.24. The van der Waals surface area contributed by atoms with Crippen molar-refractivity contribution < 1.29 is 13.2 Å². The highest BCUT2D eigenvalue weighted by atomic mass is 19.4. The van der Waals surface area contributed by atoms with Crippen molar-refractivity contribution in [2.45, 2.75) is 6.18 Å². The smallest absolute Gasteiger partial charge is 0.385 e. The molecule has 7 heteroatoms. The van der Waals surface area contributed by atoms with Crippen molar-refractivity contribution in [1.82, 2.24) is 9.38 Å². The summed E-state index contributed by atoms with van der Waals surface area (Å²) in [6, 6.07) is 2.91. The number of nitrogen functional groups attached to an aromatic ring is 1. The van der Waals surface area contributed by atoms with Crippen LogP contribution in [0.5, 0.6) is 0 Å². The van der Waals surface area contributed by atoms with E-state index in [1.807, 2.05) is 0 Å². The van der Waals surface area contributed by atoms with Gasteiger partial charge in [0.25, 0.3) is 5.56 Å². The SMILES string of the molecule is Nc1cc(=O)nc2ccc(C(F)(F)F)cn12. The van der Waals surface area contributed by atoms with Crippen molar-refractivity contribution >= 4 is 11.5 Å². The summed E-state index contributed by atoms with van der Waals surface area (Å²) in [5.41, 5.74) is 4.07. The fourth-order valence-electron chi connectivity index (χ4n) is 1.30. The number of pyridine rings is 1. The molecule has 2 N–H and O–H groups in total. The quantitative estimate of drug-likeness (QED) is 0.740. The maximum atomic E-state index is 12.4. The van der Waals surface area contributed by atoms with E-state index in [4.69, 9.17) is 5.73 Å². The molecule has 2 aromatic rings. The van der Waals surface area contributed by atoms with Gasteiger partial charge in [0.15, 0.2) is 0 Å². The van der Waals surface area contributed by atoms with E-state index in [9.17, 15) is 18.0 Å². The largest absolute Gasteiger partial charge is 0.417 e. The molecule has 0 atom stereocenters. The molecule has 2 rings (SSSR count). The third kappa shape index (κ3) is 1.71. The second-order valence-electron chi connectivity index (χ2n) is 3.16. The average molecular weight is 229 g/mol. The highest BCUT2D eigenvalue weighted by molar-refractivity contribution is 5.47. The number of halogens is 3. The van der Waals surface area contributed by atoms with Gasteiger partial charge in [-0.05, 0) is 12.1 Å². The molecule has 84 valence electrons. The topological polar surface area (TPSA) is 60.4 Å². The van der Waals surface area contributed by atoms with Crippen LogP contribution in [0.25, 0.3) is 5.65 Å². The predicted molar refractivity (Wildman–Crippen MR) is 50.9 cm³/mol. The number of hydrogen-bond donors (Lipinski definition) is 1. The van der Waals surface area contributed by atoms with Crippen LogP contribution in [0.3, 0.4) is 0 Å². The fraction of sp³-hybridized carbons (Fsp3) is 0.111. The normalized spacial score (nSPS) is 11.9. The maximum absolute atomic E-state index is 12.4. The first kappa shape index (κ1) is 10.5. The molecule has 0 saturated carbocycles. The molecule has 0 unspecified atom stereocenters. The van der Waals surface area contributed by atoms with E-state index in [2.05, 4.69) is 4.98 Å². The number of aromatic nitrogens is 2. The summed E-state index contributed by atoms with van der Waals surface area (Å²) in [5.74, 6) is -0.0823. The van der Waals surface area contributed by atoms with Crippen molar-refractivity contribution in [3.8, 4) is 0 Å². The fourth-order valence-corrected chi connectivity index (χ4v) is 1.30. The summed E-state index contributed by atoms with van der Waals surface area (Å²) in [6.45, 7) is 0. The summed E-state index contributed by atoms with van der Waals surface area (Å²) in [6.07, 6.45) is -3.65. The van der Waals surface area contributed by atoms with Crippen molar-refractivity contribution in [3.63, 3.8) is 0 Å². The highest BCUT2D eigenvalue weighted by Gasteiger charge is 2.30. The molecule has 0 aliphatic rings. The molecule has 0 aromatic carbocycles. The molecule has 0 amide bonds. The number of fused-ring (bicyclic) bond motifs is 1. The summed E-state index contributed by atoms with van der Waals surface area (Å²) in [4.78, 5) is 14.5. The number of rotatable bonds is 0. The number of alkyl halides is 3. The molecule has 2 heterocycles. The Bertz CT molecular complexity index is 603. The monoisotopic (exact) mass is 229 g/mol. The molecule has 0 saturated heterocycles. The van der Waals surface area contributed by atoms with Crippen LogP contribution >= 0.6 is 0 Å². The summed E-state index contributed by atoms with van der Waals surface area (Å²) >= 11 is 0. The van der Waals surface area contributed by atoms with Gasteiger partial charge in [-0.3, -0.25) is 9.20 Å². The van der Waals surface area contributed by atoms with E-state index >= 15 is 0 Å². The van der Waals surface area contributed by atoms with Crippen molar-refractivity contribution in [3.05, 3.63) is 40.3 Å². The van der Waals surface area contributed by atoms with Gasteiger partial charge < -0.3 is 5.73 Å². The van der Waals surface area contributed by atoms with Gasteiger partial charge in [0, 0.05) is 12.3 Å². The highest BCUT2D eigenvalue weighted by Crippen LogP contribution is 2.29. The molecule has 4 nitrogen and oxygen atoms in total. The Balaban J connectivity index is 2.76. The van der Waals surface area contributed by atoms with Gasteiger partial charge in [-0.15, -0.1) is 0 Å². The lowest BCUT2D eigenvalue weighted by Gasteiger charge is -2.09. The molecule has 0 aliphatic carbocycles. The van der Waals surface area contributed by atoms with Gasteiger partial charge in [-0.25, -0.2) is 0 Å². The van der Waals surface area contributed by atoms with Crippen LogP contribution in [0.1, 0.15) is 5.56 Å². The molecule has 16 heavy (non-hydrogen) atoms. The lowest BCUT2D eigenvalue weighted by molar-refractivity contribution is -0.137. The van der Waals surface area contributed by atoms with E-state index in [1.54, 1.807) is 0 Å². The minimum absolute atomic E-state index is 0.0815. The van der Waals surface area contributed by atoms with Crippen LogP contribution in [-0.4, -0.2) is 9.38 Å². The zero-order valence-electron chi connectivity index (χ0n) is 7.82. The van der Waals surface area contributed by atoms with Crippen LogP contribution in [-0.2, 0) is 6.18 Å². The van der Waals surface area contributed by atoms with Crippen LogP contribution in [0.15, 0.2) is 29.2 Å². The first-order chi connectivity index (χ1) is 7.38. The van der Waals surface area contributed by atoms with Gasteiger partial charge in [0.05, 0.1) is 5.56 Å². The third-order valence-electron chi connectivity index (χ3n) is 2.03. The van der Waals surface area contributed by atoms with Crippen molar-refractivity contribution in [2.24, 2.45) is 0 Å². The number of hydrogen-bond acceptors (Lipinski definition) is 3. The standard InChI is InChI=1S/C9H6F3N3O/c10-9(11,12)5-1-2-7-14-8(16)3-6(13)15(7)4-5/h1-4H,13H2. The zero-order chi connectivity index (χ0) is 11.9. The van der Waals surface area contributed by atoms with Crippen molar-refractivity contribution in [1.29, 1.82) is 0 Å². The summed E-state index contributed by atoms with van der Waals surface area (Å²) in [5, 5.41) is 0. The van der Waals surface area contributed by atoms with Gasteiger partial charge >= 0.3 is 6.18 Å². The summed E-state index contributed by atoms with van der Waals surface area (Å²) < 4.78 is 38.2. The molecule has 0 fully saturated rings. The second kappa shape index (κ2) is 3.22. The van der Waals surface area contributed by atoms with E-state index < -0.39 is 17.3 Å². The summed E-state index contributed by atoms with van der Waals surface area (Å²) in [7, 11) is 0. The molecule has 2 aromatic heterocycles. The Morgan fingerprint density at radius 1 is 1.31 bits per heavy atom. The predicted octanol–water partition coefficient (Wildman–Crippen LogP) is 1.30. The van der Waals surface area contributed by atoms with Gasteiger partial charge in [0.1, 0.15) is 11.5 Å². The molecule has 0 bridgehead atoms. The first-order valence-electron chi connectivity index (χ1n) is 4.24. The molecular weight excluding hydrogens is 223 g/mol. The Hall–Kier alpha value is -2.05. The zero-order valence-corrected chi connectivity index (χ0v) is 7.82. The van der Waals surface area contributed by atoms with Crippen LogP contribution in [0.2, 0.25) is 0 Å². The van der Waals surface area contributed by atoms with Crippen LogP contribution in [0.4, 0.5) is 19.0 Å². The van der Waals surface area contributed by atoms with Crippen LogP contribution < -0.4 is 11.3 Å². The number of nitrogens with zero attached hydrogens (tertiary/aromatic N) is 2. The minimum atomic E-state index is -4.45. The van der Waals surface area contributed by atoms with E-state index in [0.717, 1.165) is 28.8 Å². The average Bonchev–Trinajstić information content (AvgIpc) is 2.15. The minimum Gasteiger partial charge on any atom is -0.385 e. The Labute approximate surface area is 87.1 Å². The molecule has 0 radical (unpaired) electrons. The molecule has 0 spiro atoms. The van der Waals surface area contributed by atoms with E-state index in [0.29, 0.717) is 0 Å². The van der Waals surface area contributed by atoms with Gasteiger partial charge in [0.2, 0.25) is 0 Å². The Kier molecular flexibility index (Phi) is 2.11. The lowest BCUT2D eigenvalue weighted by atomic mass is 10.2. The Morgan fingerprint density at radius 2 is 2.00 bits per heavy atom. The third-order valence-corrected chi connectivity index (χ3v) is 2.03. The second-order valence-corrected chi connectivity index (χ2v) is 3.16.